The fourth-order valence-corrected chi connectivity index (χ4v) is 5.68. The maximum atomic E-state index is 13.5. The molecular formula is C22H24FN3O5S. The first-order chi connectivity index (χ1) is 15.1. The quantitative estimate of drug-likeness (QED) is 0.729. The number of nitrogens with one attached hydrogen (secondary N) is 2. The number of carbonyl (C=O) groups excluding carboxylic acids is 2. The summed E-state index contributed by atoms with van der Waals surface area (Å²) < 4.78 is 46.4. The second kappa shape index (κ2) is 8.61. The van der Waals surface area contributed by atoms with Gasteiger partial charge in [-0.25, -0.2) is 12.8 Å². The molecule has 0 aliphatic carbocycles. The van der Waals surface area contributed by atoms with Gasteiger partial charge < -0.3 is 15.4 Å². The van der Waals surface area contributed by atoms with Gasteiger partial charge in [-0.15, -0.1) is 0 Å². The van der Waals surface area contributed by atoms with Crippen LogP contribution in [0, 0.1) is 5.82 Å². The van der Waals surface area contributed by atoms with Crippen molar-refractivity contribution in [1.82, 2.24) is 4.31 Å². The topological polar surface area (TPSA) is 105 Å². The van der Waals surface area contributed by atoms with Crippen molar-refractivity contribution in [2.75, 3.05) is 23.7 Å². The number of morpholine rings is 1. The highest BCUT2D eigenvalue weighted by Crippen LogP contribution is 2.33. The van der Waals surface area contributed by atoms with Crippen LogP contribution in [-0.2, 0) is 24.3 Å². The van der Waals surface area contributed by atoms with Gasteiger partial charge in [0.25, 0.3) is 0 Å². The largest absolute Gasteiger partial charge is 0.373 e. The van der Waals surface area contributed by atoms with Gasteiger partial charge in [0, 0.05) is 30.9 Å². The number of nitrogens with zero attached hydrogens (tertiary/aromatic N) is 1. The van der Waals surface area contributed by atoms with Gasteiger partial charge in [0.2, 0.25) is 21.8 Å². The highest BCUT2D eigenvalue weighted by Gasteiger charge is 2.33. The van der Waals surface area contributed by atoms with Gasteiger partial charge in [0.05, 0.1) is 23.0 Å². The number of halogens is 1. The second-order valence-corrected chi connectivity index (χ2v) is 10.1. The molecular weight excluding hydrogens is 437 g/mol. The van der Waals surface area contributed by atoms with Crippen molar-refractivity contribution >= 4 is 33.2 Å². The van der Waals surface area contributed by atoms with E-state index < -0.39 is 27.7 Å². The number of ether oxygens (including phenoxy) is 1. The van der Waals surface area contributed by atoms with E-state index in [0.29, 0.717) is 11.3 Å². The molecule has 0 unspecified atom stereocenters. The number of hydrogen-bond acceptors (Lipinski definition) is 5. The summed E-state index contributed by atoms with van der Waals surface area (Å²) in [6, 6.07) is 9.79. The average Bonchev–Trinajstić information content (AvgIpc) is 2.72. The van der Waals surface area contributed by atoms with Crippen molar-refractivity contribution in [3.05, 3.63) is 53.8 Å². The van der Waals surface area contributed by atoms with Crippen LogP contribution in [0.25, 0.3) is 0 Å². The molecule has 1 saturated heterocycles. The van der Waals surface area contributed by atoms with Gasteiger partial charge >= 0.3 is 0 Å². The number of anilines is 2. The molecule has 0 radical (unpaired) electrons. The molecule has 2 aliphatic heterocycles. The van der Waals surface area contributed by atoms with Crippen LogP contribution in [0.3, 0.4) is 0 Å². The summed E-state index contributed by atoms with van der Waals surface area (Å²) in [6.07, 6.45) is -0.461. The summed E-state index contributed by atoms with van der Waals surface area (Å²) in [5.74, 6) is -2.09. The Morgan fingerprint density at radius 3 is 2.44 bits per heavy atom. The minimum Gasteiger partial charge on any atom is -0.373 e. The third kappa shape index (κ3) is 4.52. The fraction of sp³-hybridized carbons (Fsp3) is 0.364. The lowest BCUT2D eigenvalue weighted by atomic mass is 9.89. The number of rotatable bonds is 4. The number of sulfonamides is 1. The minimum atomic E-state index is -3.69. The summed E-state index contributed by atoms with van der Waals surface area (Å²) in [4.78, 5) is 24.9. The number of amides is 2. The molecule has 2 amide bonds. The van der Waals surface area contributed by atoms with Gasteiger partial charge in [-0.3, -0.25) is 9.59 Å². The molecule has 170 valence electrons. The van der Waals surface area contributed by atoms with E-state index in [9.17, 15) is 22.4 Å². The lowest BCUT2D eigenvalue weighted by molar-refractivity contribution is -0.123. The predicted octanol–water partition coefficient (Wildman–Crippen LogP) is 2.69. The van der Waals surface area contributed by atoms with Crippen LogP contribution in [-0.4, -0.2) is 49.8 Å². The SMILES string of the molecule is C[C@@H]1CN(S(=O)(=O)c2ccc(NC(=O)[C@H]3CC(=O)Nc4cc(F)ccc43)cc2)C[C@@H](C)O1. The standard InChI is InChI=1S/C22H24FN3O5S/c1-13-11-26(12-14(2)31-13)32(29,30)17-6-4-16(5-7-17)24-22(28)19-10-21(27)25-20-9-15(23)3-8-18(19)20/h3-9,13-14,19H,10-12H2,1-2H3,(H,24,28)(H,25,27)/t13-,14-,19+/m1/s1. The maximum Gasteiger partial charge on any atom is 0.243 e. The first kappa shape index (κ1) is 22.4. The van der Waals surface area contributed by atoms with Gasteiger partial charge in [-0.05, 0) is 55.8 Å². The molecule has 3 atom stereocenters. The van der Waals surface area contributed by atoms with E-state index >= 15 is 0 Å². The number of carbonyl (C=O) groups is 2. The molecule has 2 aromatic rings. The molecule has 1 fully saturated rings. The highest BCUT2D eigenvalue weighted by molar-refractivity contribution is 7.89. The first-order valence-electron chi connectivity index (χ1n) is 10.3. The zero-order valence-electron chi connectivity index (χ0n) is 17.7. The van der Waals surface area contributed by atoms with Gasteiger partial charge in [0.1, 0.15) is 5.82 Å². The van der Waals surface area contributed by atoms with E-state index in [0.717, 1.165) is 0 Å². The molecule has 0 saturated carbocycles. The predicted molar refractivity (Wildman–Crippen MR) is 116 cm³/mol. The minimum absolute atomic E-state index is 0.0652. The van der Waals surface area contributed by atoms with Crippen LogP contribution < -0.4 is 10.6 Å². The zero-order valence-corrected chi connectivity index (χ0v) is 18.5. The number of fused-ring (bicyclic) bond motifs is 1. The Kier molecular flexibility index (Phi) is 6.02. The van der Waals surface area contributed by atoms with Crippen LogP contribution in [0.2, 0.25) is 0 Å². The molecule has 2 N–H and O–H groups in total. The molecule has 32 heavy (non-hydrogen) atoms. The van der Waals surface area contributed by atoms with Gasteiger partial charge in [0.15, 0.2) is 0 Å². The van der Waals surface area contributed by atoms with E-state index in [1.54, 1.807) is 0 Å². The Bertz CT molecular complexity index is 1140. The molecule has 2 aromatic carbocycles. The molecule has 10 heteroatoms. The second-order valence-electron chi connectivity index (χ2n) is 8.13. The first-order valence-corrected chi connectivity index (χ1v) is 11.7. The average molecular weight is 462 g/mol. The summed E-state index contributed by atoms with van der Waals surface area (Å²) in [5, 5.41) is 5.29. The third-order valence-electron chi connectivity index (χ3n) is 5.52. The van der Waals surface area contributed by atoms with Crippen LogP contribution >= 0.6 is 0 Å². The molecule has 2 aliphatic rings. The van der Waals surface area contributed by atoms with Crippen molar-refractivity contribution in [2.24, 2.45) is 0 Å². The van der Waals surface area contributed by atoms with Crippen LogP contribution in [0.4, 0.5) is 15.8 Å². The van der Waals surface area contributed by atoms with Crippen LogP contribution in [0.1, 0.15) is 31.7 Å². The number of hydrogen-bond donors (Lipinski definition) is 2. The highest BCUT2D eigenvalue weighted by atomic mass is 32.2. The van der Waals surface area contributed by atoms with E-state index in [1.165, 1.54) is 46.8 Å². The van der Waals surface area contributed by atoms with Crippen molar-refractivity contribution in [3.63, 3.8) is 0 Å². The summed E-state index contributed by atoms with van der Waals surface area (Å²) in [7, 11) is -3.69. The molecule has 0 aromatic heterocycles. The summed E-state index contributed by atoms with van der Waals surface area (Å²) >= 11 is 0. The van der Waals surface area contributed by atoms with Crippen molar-refractivity contribution in [1.29, 1.82) is 0 Å². The molecule has 0 spiro atoms. The Hall–Kier alpha value is -2.82. The molecule has 0 bridgehead atoms. The van der Waals surface area contributed by atoms with E-state index in [4.69, 9.17) is 4.74 Å². The third-order valence-corrected chi connectivity index (χ3v) is 7.36. The van der Waals surface area contributed by atoms with Gasteiger partial charge in [-0.1, -0.05) is 6.07 Å². The normalized spacial score (nSPS) is 23.8. The summed E-state index contributed by atoms with van der Waals surface area (Å²) in [6.45, 7) is 4.20. The van der Waals surface area contributed by atoms with Gasteiger partial charge in [-0.2, -0.15) is 4.31 Å². The Labute approximate surface area is 185 Å². The van der Waals surface area contributed by atoms with Crippen molar-refractivity contribution in [2.45, 2.75) is 43.3 Å². The molecule has 2 heterocycles. The lowest BCUT2D eigenvalue weighted by Gasteiger charge is -2.34. The zero-order chi connectivity index (χ0) is 23.0. The molecule has 8 nitrogen and oxygen atoms in total. The monoisotopic (exact) mass is 461 g/mol. The molecule has 4 rings (SSSR count). The van der Waals surface area contributed by atoms with Crippen LogP contribution in [0.5, 0.6) is 0 Å². The van der Waals surface area contributed by atoms with Crippen LogP contribution in [0.15, 0.2) is 47.4 Å². The van der Waals surface area contributed by atoms with Crippen molar-refractivity contribution in [3.8, 4) is 0 Å². The Morgan fingerprint density at radius 1 is 1.12 bits per heavy atom. The summed E-state index contributed by atoms with van der Waals surface area (Å²) in [5.41, 5.74) is 1.20. The van der Waals surface area contributed by atoms with Crippen molar-refractivity contribution < 1.29 is 27.1 Å². The Morgan fingerprint density at radius 2 is 1.78 bits per heavy atom. The number of benzene rings is 2. The van der Waals surface area contributed by atoms with E-state index in [-0.39, 0.29) is 48.2 Å². The van der Waals surface area contributed by atoms with E-state index in [1.807, 2.05) is 13.8 Å². The lowest BCUT2D eigenvalue weighted by Crippen LogP contribution is -2.48. The fourth-order valence-electron chi connectivity index (χ4n) is 4.09. The van der Waals surface area contributed by atoms with E-state index in [2.05, 4.69) is 10.6 Å². The smallest absolute Gasteiger partial charge is 0.243 e. The maximum absolute atomic E-state index is 13.5. The Balaban J connectivity index is 1.50.